The minimum absolute atomic E-state index is 0.00725. The minimum atomic E-state index is -0.837. The second-order valence-electron chi connectivity index (χ2n) is 7.02. The third-order valence-electron chi connectivity index (χ3n) is 4.52. The SMILES string of the molecule is O=C(O)CCCOc1ccc(CNC(=O)c2cccc(NC(=O)C3CC3)c2)cc1. The van der Waals surface area contributed by atoms with Gasteiger partial charge < -0.3 is 20.5 Å². The molecule has 0 unspecified atom stereocenters. The first-order valence-corrected chi connectivity index (χ1v) is 9.64. The number of aliphatic carboxylic acids is 1. The van der Waals surface area contributed by atoms with Crippen LogP contribution < -0.4 is 15.4 Å². The predicted molar refractivity (Wildman–Crippen MR) is 108 cm³/mol. The van der Waals surface area contributed by atoms with Gasteiger partial charge in [-0.2, -0.15) is 0 Å². The summed E-state index contributed by atoms with van der Waals surface area (Å²) in [4.78, 5) is 34.7. The zero-order valence-corrected chi connectivity index (χ0v) is 16.0. The van der Waals surface area contributed by atoms with E-state index in [9.17, 15) is 14.4 Å². The van der Waals surface area contributed by atoms with Gasteiger partial charge in [-0.15, -0.1) is 0 Å². The number of rotatable bonds is 10. The molecule has 3 rings (SSSR count). The highest BCUT2D eigenvalue weighted by Crippen LogP contribution is 2.30. The van der Waals surface area contributed by atoms with Gasteiger partial charge in [0.15, 0.2) is 0 Å². The fourth-order valence-electron chi connectivity index (χ4n) is 2.73. The molecule has 2 aromatic rings. The number of ether oxygens (including phenoxy) is 1. The topological polar surface area (TPSA) is 105 Å². The zero-order chi connectivity index (χ0) is 20.6. The molecule has 2 amide bonds. The highest BCUT2D eigenvalue weighted by molar-refractivity contribution is 5.98. The Labute approximate surface area is 169 Å². The molecule has 152 valence electrons. The van der Waals surface area contributed by atoms with Crippen LogP contribution in [0.25, 0.3) is 0 Å². The van der Waals surface area contributed by atoms with E-state index < -0.39 is 5.97 Å². The molecule has 1 aliphatic carbocycles. The highest BCUT2D eigenvalue weighted by Gasteiger charge is 2.29. The fraction of sp³-hybridized carbons (Fsp3) is 0.318. The standard InChI is InChI=1S/C22H24N2O5/c25-20(26)5-2-12-29-19-10-6-15(7-11-19)14-23-21(27)17-3-1-4-18(13-17)24-22(28)16-8-9-16/h1,3-4,6-7,10-11,13,16H,2,5,8-9,12,14H2,(H,23,27)(H,24,28)(H,25,26). The third-order valence-corrected chi connectivity index (χ3v) is 4.52. The van der Waals surface area contributed by atoms with E-state index in [4.69, 9.17) is 9.84 Å². The zero-order valence-electron chi connectivity index (χ0n) is 16.0. The van der Waals surface area contributed by atoms with Crippen molar-refractivity contribution in [3.05, 3.63) is 59.7 Å². The summed E-state index contributed by atoms with van der Waals surface area (Å²) in [5.74, 6) is -0.286. The van der Waals surface area contributed by atoms with Crippen LogP contribution >= 0.6 is 0 Å². The highest BCUT2D eigenvalue weighted by atomic mass is 16.5. The van der Waals surface area contributed by atoms with Crippen molar-refractivity contribution in [3.8, 4) is 5.75 Å². The molecule has 1 fully saturated rings. The van der Waals surface area contributed by atoms with Gasteiger partial charge in [0.1, 0.15) is 5.75 Å². The summed E-state index contributed by atoms with van der Waals surface area (Å²) < 4.78 is 5.49. The van der Waals surface area contributed by atoms with Crippen LogP contribution in [0.1, 0.15) is 41.6 Å². The lowest BCUT2D eigenvalue weighted by atomic mass is 10.1. The summed E-state index contributed by atoms with van der Waals surface area (Å²) >= 11 is 0. The second-order valence-corrected chi connectivity index (χ2v) is 7.02. The Bertz CT molecular complexity index is 875. The van der Waals surface area contributed by atoms with E-state index in [-0.39, 0.29) is 24.2 Å². The number of carbonyl (C=O) groups is 3. The van der Waals surface area contributed by atoms with Crippen molar-refractivity contribution in [1.29, 1.82) is 0 Å². The Morgan fingerprint density at radius 1 is 1.07 bits per heavy atom. The van der Waals surface area contributed by atoms with E-state index in [1.54, 1.807) is 36.4 Å². The van der Waals surface area contributed by atoms with E-state index >= 15 is 0 Å². The number of carboxylic acid groups (broad SMARTS) is 1. The van der Waals surface area contributed by atoms with Gasteiger partial charge in [0.2, 0.25) is 5.91 Å². The van der Waals surface area contributed by atoms with E-state index in [1.165, 1.54) is 0 Å². The van der Waals surface area contributed by atoms with Crippen molar-refractivity contribution < 1.29 is 24.2 Å². The minimum Gasteiger partial charge on any atom is -0.494 e. The van der Waals surface area contributed by atoms with Gasteiger partial charge in [-0.1, -0.05) is 18.2 Å². The number of hydrogen-bond donors (Lipinski definition) is 3. The van der Waals surface area contributed by atoms with Gasteiger partial charge in [0, 0.05) is 30.1 Å². The molecule has 0 radical (unpaired) electrons. The maximum absolute atomic E-state index is 12.4. The summed E-state index contributed by atoms with van der Waals surface area (Å²) in [6.45, 7) is 0.701. The number of carbonyl (C=O) groups excluding carboxylic acids is 2. The van der Waals surface area contributed by atoms with E-state index in [0.717, 1.165) is 18.4 Å². The Morgan fingerprint density at radius 3 is 2.52 bits per heavy atom. The molecule has 0 aromatic heterocycles. The molecular weight excluding hydrogens is 372 g/mol. The lowest BCUT2D eigenvalue weighted by Crippen LogP contribution is -2.23. The molecule has 1 saturated carbocycles. The second kappa shape index (κ2) is 9.73. The number of carboxylic acids is 1. The predicted octanol–water partition coefficient (Wildman–Crippen LogP) is 3.21. The molecule has 3 N–H and O–H groups in total. The molecule has 0 spiro atoms. The summed E-state index contributed by atoms with van der Waals surface area (Å²) in [6, 6.07) is 14.2. The van der Waals surface area contributed by atoms with Crippen molar-refractivity contribution >= 4 is 23.5 Å². The summed E-state index contributed by atoms with van der Waals surface area (Å²) in [6.07, 6.45) is 2.39. The van der Waals surface area contributed by atoms with E-state index in [2.05, 4.69) is 10.6 Å². The lowest BCUT2D eigenvalue weighted by molar-refractivity contribution is -0.137. The molecule has 2 aromatic carbocycles. The smallest absolute Gasteiger partial charge is 0.303 e. The van der Waals surface area contributed by atoms with Crippen molar-refractivity contribution in [2.24, 2.45) is 5.92 Å². The number of hydrogen-bond acceptors (Lipinski definition) is 4. The van der Waals surface area contributed by atoms with Gasteiger partial charge >= 0.3 is 5.97 Å². The van der Waals surface area contributed by atoms with Gasteiger partial charge in [0.05, 0.1) is 6.61 Å². The number of amides is 2. The molecule has 0 bridgehead atoms. The maximum atomic E-state index is 12.4. The van der Waals surface area contributed by atoms with Gasteiger partial charge in [-0.05, 0) is 55.2 Å². The number of anilines is 1. The Hall–Kier alpha value is -3.35. The largest absolute Gasteiger partial charge is 0.494 e. The van der Waals surface area contributed by atoms with Crippen LogP contribution in [0.15, 0.2) is 48.5 Å². The monoisotopic (exact) mass is 396 g/mol. The fourth-order valence-corrected chi connectivity index (χ4v) is 2.73. The van der Waals surface area contributed by atoms with Crippen LogP contribution in [0.4, 0.5) is 5.69 Å². The van der Waals surface area contributed by atoms with Crippen molar-refractivity contribution in [2.45, 2.75) is 32.2 Å². The molecule has 7 heteroatoms. The maximum Gasteiger partial charge on any atom is 0.303 e. The van der Waals surface area contributed by atoms with E-state index in [0.29, 0.717) is 36.6 Å². The first-order chi connectivity index (χ1) is 14.0. The molecule has 0 heterocycles. The molecule has 1 aliphatic rings. The molecule has 0 saturated heterocycles. The van der Waals surface area contributed by atoms with Crippen LogP contribution in [0.3, 0.4) is 0 Å². The summed E-state index contributed by atoms with van der Waals surface area (Å²) in [7, 11) is 0. The van der Waals surface area contributed by atoms with Crippen LogP contribution in [0.2, 0.25) is 0 Å². The first-order valence-electron chi connectivity index (χ1n) is 9.64. The molecule has 7 nitrogen and oxygen atoms in total. The number of nitrogens with one attached hydrogen (secondary N) is 2. The lowest BCUT2D eigenvalue weighted by Gasteiger charge is -2.09. The average molecular weight is 396 g/mol. The first kappa shape index (κ1) is 20.4. The summed E-state index contributed by atoms with van der Waals surface area (Å²) in [5, 5.41) is 14.3. The van der Waals surface area contributed by atoms with Crippen LogP contribution in [0.5, 0.6) is 5.75 Å². The van der Waals surface area contributed by atoms with Crippen molar-refractivity contribution in [3.63, 3.8) is 0 Å². The third kappa shape index (κ3) is 6.64. The average Bonchev–Trinajstić information content (AvgIpc) is 3.56. The molecule has 29 heavy (non-hydrogen) atoms. The van der Waals surface area contributed by atoms with Gasteiger partial charge in [0.25, 0.3) is 5.91 Å². The van der Waals surface area contributed by atoms with Gasteiger partial charge in [-0.3, -0.25) is 14.4 Å². The summed E-state index contributed by atoms with van der Waals surface area (Å²) in [5.41, 5.74) is 2.02. The van der Waals surface area contributed by atoms with Crippen LogP contribution in [-0.4, -0.2) is 29.5 Å². The van der Waals surface area contributed by atoms with Crippen LogP contribution in [-0.2, 0) is 16.1 Å². The van der Waals surface area contributed by atoms with Crippen LogP contribution in [0, 0.1) is 5.92 Å². The van der Waals surface area contributed by atoms with E-state index in [1.807, 2.05) is 12.1 Å². The van der Waals surface area contributed by atoms with Crippen molar-refractivity contribution in [1.82, 2.24) is 5.32 Å². The Morgan fingerprint density at radius 2 is 1.83 bits per heavy atom. The normalized spacial score (nSPS) is 12.8. The molecular formula is C22H24N2O5. The van der Waals surface area contributed by atoms with Crippen molar-refractivity contribution in [2.75, 3.05) is 11.9 Å². The number of benzene rings is 2. The Kier molecular flexibility index (Phi) is 6.84. The molecule has 0 aliphatic heterocycles. The quantitative estimate of drug-likeness (QED) is 0.535. The molecule has 0 atom stereocenters. The Balaban J connectivity index is 1.46. The van der Waals surface area contributed by atoms with Gasteiger partial charge in [-0.25, -0.2) is 0 Å².